The second kappa shape index (κ2) is 9.25. The Morgan fingerprint density at radius 1 is 1.12 bits per heavy atom. The molecule has 7 nitrogen and oxygen atoms in total. The van der Waals surface area contributed by atoms with Gasteiger partial charge in [-0.2, -0.15) is 0 Å². The number of thiazole rings is 1. The Hall–Kier alpha value is -3.36. The van der Waals surface area contributed by atoms with Crippen molar-refractivity contribution in [3.63, 3.8) is 0 Å². The second-order valence-corrected chi connectivity index (χ2v) is 8.68. The van der Waals surface area contributed by atoms with Crippen molar-refractivity contribution in [1.29, 1.82) is 0 Å². The van der Waals surface area contributed by atoms with Gasteiger partial charge in [-0.3, -0.25) is 9.36 Å². The van der Waals surface area contributed by atoms with Crippen LogP contribution < -0.4 is 24.4 Å². The molecule has 0 amide bonds. The molecule has 1 aliphatic rings. The van der Waals surface area contributed by atoms with Crippen LogP contribution in [-0.4, -0.2) is 31.9 Å². The van der Waals surface area contributed by atoms with Crippen molar-refractivity contribution >= 4 is 35.0 Å². The number of carbonyl (C=O) groups is 1. The van der Waals surface area contributed by atoms with E-state index >= 15 is 0 Å². The fraction of sp³-hybridized carbons (Fsp3) is 0.208. The zero-order valence-electron chi connectivity index (χ0n) is 18.4. The lowest BCUT2D eigenvalue weighted by Crippen LogP contribution is -2.39. The van der Waals surface area contributed by atoms with Gasteiger partial charge in [-0.25, -0.2) is 9.79 Å². The number of carbonyl (C=O) groups excluding carboxylic acids is 1. The summed E-state index contributed by atoms with van der Waals surface area (Å²) in [4.78, 5) is 31.3. The minimum atomic E-state index is -0.689. The van der Waals surface area contributed by atoms with E-state index < -0.39 is 12.0 Å². The average molecular weight is 485 g/mol. The summed E-state index contributed by atoms with van der Waals surface area (Å²) in [7, 11) is 4.44. The summed E-state index contributed by atoms with van der Waals surface area (Å²) in [5.41, 5.74) is 1.97. The molecule has 0 fully saturated rings. The van der Waals surface area contributed by atoms with Crippen molar-refractivity contribution < 1.29 is 19.0 Å². The van der Waals surface area contributed by atoms with Gasteiger partial charge >= 0.3 is 5.97 Å². The van der Waals surface area contributed by atoms with E-state index in [1.54, 1.807) is 63.6 Å². The van der Waals surface area contributed by atoms with Crippen LogP contribution in [0.15, 0.2) is 63.5 Å². The van der Waals surface area contributed by atoms with Crippen LogP contribution in [0.1, 0.15) is 24.1 Å². The third-order valence-corrected chi connectivity index (χ3v) is 6.57. The Balaban J connectivity index is 1.96. The van der Waals surface area contributed by atoms with Gasteiger partial charge < -0.3 is 14.2 Å². The molecule has 0 saturated heterocycles. The lowest BCUT2D eigenvalue weighted by atomic mass is 9.96. The Bertz CT molecular complexity index is 1440. The highest BCUT2D eigenvalue weighted by Crippen LogP contribution is 2.31. The number of benzene rings is 2. The monoisotopic (exact) mass is 484 g/mol. The number of hydrogen-bond acceptors (Lipinski definition) is 7. The first-order chi connectivity index (χ1) is 15.9. The number of ether oxygens (including phenoxy) is 3. The topological polar surface area (TPSA) is 79.1 Å². The number of esters is 1. The summed E-state index contributed by atoms with van der Waals surface area (Å²) in [6, 6.07) is 11.7. The first-order valence-electron chi connectivity index (χ1n) is 9.96. The SMILES string of the molecule is COC(=O)C1=C(C)N=c2s/c(=C\c3ccc(OC)cc3OC)c(=O)n2[C@H]1c1ccc(Cl)cc1. The molecule has 33 heavy (non-hydrogen) atoms. The molecule has 0 saturated carbocycles. The van der Waals surface area contributed by atoms with E-state index in [9.17, 15) is 9.59 Å². The first kappa shape index (κ1) is 22.8. The summed E-state index contributed by atoms with van der Waals surface area (Å²) in [6.07, 6.45) is 1.75. The van der Waals surface area contributed by atoms with E-state index in [0.29, 0.717) is 37.1 Å². The number of rotatable bonds is 5. The van der Waals surface area contributed by atoms with Gasteiger partial charge in [0.05, 0.1) is 43.2 Å². The summed E-state index contributed by atoms with van der Waals surface area (Å²) in [6.45, 7) is 1.73. The summed E-state index contributed by atoms with van der Waals surface area (Å²) >= 11 is 7.31. The molecule has 2 heterocycles. The van der Waals surface area contributed by atoms with E-state index in [-0.39, 0.29) is 5.56 Å². The lowest BCUT2D eigenvalue weighted by Gasteiger charge is -2.24. The van der Waals surface area contributed by atoms with Gasteiger partial charge in [-0.1, -0.05) is 35.1 Å². The Labute approximate surface area is 198 Å². The molecule has 0 radical (unpaired) electrons. The molecule has 3 aromatic rings. The van der Waals surface area contributed by atoms with Crippen LogP contribution >= 0.6 is 22.9 Å². The number of nitrogens with zero attached hydrogens (tertiary/aromatic N) is 2. The largest absolute Gasteiger partial charge is 0.497 e. The van der Waals surface area contributed by atoms with Gasteiger partial charge in [0.25, 0.3) is 5.56 Å². The van der Waals surface area contributed by atoms with Gasteiger partial charge in [-0.15, -0.1) is 0 Å². The Morgan fingerprint density at radius 3 is 2.48 bits per heavy atom. The normalized spacial score (nSPS) is 15.7. The van der Waals surface area contributed by atoms with Crippen LogP contribution in [0.5, 0.6) is 11.5 Å². The number of halogens is 1. The summed E-state index contributed by atoms with van der Waals surface area (Å²) < 4.78 is 17.7. The minimum absolute atomic E-state index is 0.273. The fourth-order valence-corrected chi connectivity index (χ4v) is 4.90. The van der Waals surface area contributed by atoms with Gasteiger partial charge in [0, 0.05) is 16.7 Å². The zero-order valence-corrected chi connectivity index (χ0v) is 20.0. The van der Waals surface area contributed by atoms with Crippen molar-refractivity contribution in [3.05, 3.63) is 89.6 Å². The van der Waals surface area contributed by atoms with E-state index in [1.165, 1.54) is 23.0 Å². The molecule has 0 N–H and O–H groups in total. The molecule has 0 unspecified atom stereocenters. The number of hydrogen-bond donors (Lipinski definition) is 0. The smallest absolute Gasteiger partial charge is 0.338 e. The van der Waals surface area contributed by atoms with Crippen LogP contribution in [0, 0.1) is 0 Å². The van der Waals surface area contributed by atoms with E-state index in [4.69, 9.17) is 25.8 Å². The van der Waals surface area contributed by atoms with Crippen molar-refractivity contribution in [2.24, 2.45) is 4.99 Å². The molecule has 4 rings (SSSR count). The second-order valence-electron chi connectivity index (χ2n) is 7.23. The van der Waals surface area contributed by atoms with Gasteiger partial charge in [0.1, 0.15) is 11.5 Å². The molecule has 0 spiro atoms. The highest BCUT2D eigenvalue weighted by molar-refractivity contribution is 7.07. The van der Waals surface area contributed by atoms with E-state index in [1.807, 2.05) is 6.07 Å². The number of allylic oxidation sites excluding steroid dienone is 1. The van der Waals surface area contributed by atoms with Crippen LogP contribution in [0.2, 0.25) is 5.02 Å². The summed E-state index contributed by atoms with van der Waals surface area (Å²) in [5, 5.41) is 0.554. The Kier molecular flexibility index (Phi) is 6.40. The number of aromatic nitrogens is 1. The molecule has 1 aliphatic heterocycles. The zero-order chi connectivity index (χ0) is 23.7. The number of fused-ring (bicyclic) bond motifs is 1. The van der Waals surface area contributed by atoms with Gasteiger partial charge in [0.2, 0.25) is 0 Å². The third kappa shape index (κ3) is 4.19. The molecule has 170 valence electrons. The van der Waals surface area contributed by atoms with Crippen molar-refractivity contribution in [1.82, 2.24) is 4.57 Å². The van der Waals surface area contributed by atoms with Crippen molar-refractivity contribution in [2.45, 2.75) is 13.0 Å². The lowest BCUT2D eigenvalue weighted by molar-refractivity contribution is -0.136. The molecule has 2 aromatic carbocycles. The Morgan fingerprint density at radius 2 is 1.85 bits per heavy atom. The highest BCUT2D eigenvalue weighted by Gasteiger charge is 2.33. The first-order valence-corrected chi connectivity index (χ1v) is 11.2. The highest BCUT2D eigenvalue weighted by atomic mass is 35.5. The average Bonchev–Trinajstić information content (AvgIpc) is 3.12. The standard InChI is InChI=1S/C24H21ClN2O5S/c1-13-20(23(29)32-4)21(14-5-8-16(25)9-6-14)27-22(28)19(33-24(27)26-13)11-15-7-10-17(30-2)12-18(15)31-3/h5-12,21H,1-4H3/b19-11-/t21-/m0/s1. The minimum Gasteiger partial charge on any atom is -0.497 e. The van der Waals surface area contributed by atoms with Crippen LogP contribution in [0.25, 0.3) is 6.08 Å². The van der Waals surface area contributed by atoms with Crippen LogP contribution in [0.3, 0.4) is 0 Å². The molecule has 0 bridgehead atoms. The molecule has 0 aliphatic carbocycles. The maximum absolute atomic E-state index is 13.6. The molecular weight excluding hydrogens is 464 g/mol. The van der Waals surface area contributed by atoms with Crippen molar-refractivity contribution in [2.75, 3.05) is 21.3 Å². The van der Waals surface area contributed by atoms with Crippen molar-refractivity contribution in [3.8, 4) is 11.5 Å². The van der Waals surface area contributed by atoms with Gasteiger partial charge in [0.15, 0.2) is 4.80 Å². The molecule has 1 aromatic heterocycles. The maximum atomic E-state index is 13.6. The van der Waals surface area contributed by atoms with Crippen LogP contribution in [-0.2, 0) is 9.53 Å². The maximum Gasteiger partial charge on any atom is 0.338 e. The predicted octanol–water partition coefficient (Wildman–Crippen LogP) is 3.08. The fourth-order valence-electron chi connectivity index (χ4n) is 3.73. The molecular formula is C24H21ClN2O5S. The van der Waals surface area contributed by atoms with Crippen LogP contribution in [0.4, 0.5) is 0 Å². The summed E-state index contributed by atoms with van der Waals surface area (Å²) in [5.74, 6) is 0.676. The number of methoxy groups -OCH3 is 3. The molecule has 9 heteroatoms. The van der Waals surface area contributed by atoms with Gasteiger partial charge in [-0.05, 0) is 42.8 Å². The quantitative estimate of drug-likeness (QED) is 0.520. The predicted molar refractivity (Wildman–Crippen MR) is 127 cm³/mol. The molecule has 1 atom stereocenters. The van der Waals surface area contributed by atoms with E-state index in [2.05, 4.69) is 4.99 Å². The third-order valence-electron chi connectivity index (χ3n) is 5.34. The van der Waals surface area contributed by atoms with E-state index in [0.717, 1.165) is 11.1 Å².